The first-order valence-corrected chi connectivity index (χ1v) is 10.7. The number of rotatable bonds is 5. The van der Waals surface area contributed by atoms with Crippen molar-refractivity contribution in [2.24, 2.45) is 0 Å². The van der Waals surface area contributed by atoms with Gasteiger partial charge in [0.05, 0.1) is 4.88 Å². The van der Waals surface area contributed by atoms with E-state index in [1.807, 2.05) is 12.1 Å². The summed E-state index contributed by atoms with van der Waals surface area (Å²) in [5.41, 5.74) is 2.07. The largest absolute Gasteiger partial charge is 0.371 e. The number of nitrogens with zero attached hydrogens (tertiary/aromatic N) is 2. The van der Waals surface area contributed by atoms with Crippen LogP contribution in [0.4, 0.5) is 11.4 Å². The van der Waals surface area contributed by atoms with Crippen LogP contribution in [-0.2, 0) is 14.8 Å². The van der Waals surface area contributed by atoms with Crippen molar-refractivity contribution in [3.05, 3.63) is 48.7 Å². The number of ketones is 1. The van der Waals surface area contributed by atoms with Gasteiger partial charge in [-0.05, 0) is 36.4 Å². The second-order valence-electron chi connectivity index (χ2n) is 6.18. The van der Waals surface area contributed by atoms with Crippen LogP contribution >= 0.6 is 11.3 Å². The van der Waals surface area contributed by atoms with E-state index in [-0.39, 0.29) is 9.99 Å². The van der Waals surface area contributed by atoms with E-state index < -0.39 is 10.0 Å². The summed E-state index contributed by atoms with van der Waals surface area (Å²) >= 11 is 1.13. The van der Waals surface area contributed by atoms with E-state index >= 15 is 0 Å². The van der Waals surface area contributed by atoms with E-state index in [1.165, 1.54) is 6.26 Å². The molecule has 0 bridgehead atoms. The molecule has 1 aromatic carbocycles. The minimum atomic E-state index is -3.68. The average molecular weight is 403 g/mol. The van der Waals surface area contributed by atoms with Crippen LogP contribution in [0.3, 0.4) is 0 Å². The Morgan fingerprint density at radius 1 is 1.04 bits per heavy atom. The van der Waals surface area contributed by atoms with Gasteiger partial charge in [0, 0.05) is 43.4 Å². The van der Waals surface area contributed by atoms with Gasteiger partial charge in [0.2, 0.25) is 0 Å². The first-order valence-electron chi connectivity index (χ1n) is 8.41. The minimum absolute atomic E-state index is 0.208. The van der Waals surface area contributed by atoms with Gasteiger partial charge in [-0.3, -0.25) is 9.52 Å². The summed E-state index contributed by atoms with van der Waals surface area (Å²) in [6.07, 6.45) is 2.56. The number of nitrogens with one attached hydrogen (secondary N) is 1. The lowest BCUT2D eigenvalue weighted by atomic mass is 10.1. The van der Waals surface area contributed by atoms with Crippen LogP contribution in [0.25, 0.3) is 10.6 Å². The van der Waals surface area contributed by atoms with Crippen LogP contribution in [0.2, 0.25) is 0 Å². The zero-order valence-electron chi connectivity index (χ0n) is 14.3. The molecule has 3 aromatic rings. The molecule has 27 heavy (non-hydrogen) atoms. The number of benzene rings is 1. The highest BCUT2D eigenvalue weighted by molar-refractivity contribution is 7.94. The molecule has 0 atom stereocenters. The highest BCUT2D eigenvalue weighted by Gasteiger charge is 2.19. The molecule has 3 heterocycles. The van der Waals surface area contributed by atoms with Gasteiger partial charge in [0.15, 0.2) is 0 Å². The zero-order chi connectivity index (χ0) is 18.9. The highest BCUT2D eigenvalue weighted by Crippen LogP contribution is 2.31. The normalized spacial score (nSPS) is 15.1. The maximum Gasteiger partial charge on any atom is 0.271 e. The molecule has 0 saturated carbocycles. The molecule has 1 fully saturated rings. The van der Waals surface area contributed by atoms with Crippen LogP contribution < -0.4 is 9.62 Å². The molecule has 0 aliphatic carbocycles. The van der Waals surface area contributed by atoms with E-state index in [9.17, 15) is 13.2 Å². The van der Waals surface area contributed by atoms with Gasteiger partial charge in [-0.2, -0.15) is 0 Å². The first-order chi connectivity index (χ1) is 13.0. The molecular weight excluding hydrogens is 386 g/mol. The third-order valence-electron chi connectivity index (χ3n) is 4.34. The lowest BCUT2D eigenvalue weighted by Crippen LogP contribution is -2.33. The predicted molar refractivity (Wildman–Crippen MR) is 104 cm³/mol. The van der Waals surface area contributed by atoms with Crippen LogP contribution in [0, 0.1) is 0 Å². The van der Waals surface area contributed by atoms with Crippen molar-refractivity contribution in [1.29, 1.82) is 0 Å². The summed E-state index contributed by atoms with van der Waals surface area (Å²) in [4.78, 5) is 14.2. The predicted octanol–water partition coefficient (Wildman–Crippen LogP) is 3.37. The quantitative estimate of drug-likeness (QED) is 0.702. The first kappa shape index (κ1) is 17.7. The Bertz CT molecular complexity index is 1030. The Kier molecular flexibility index (Phi) is 4.71. The van der Waals surface area contributed by atoms with Crippen molar-refractivity contribution >= 4 is 38.5 Å². The summed E-state index contributed by atoms with van der Waals surface area (Å²) in [5, 5.41) is 3.82. The Morgan fingerprint density at radius 3 is 2.44 bits per heavy atom. The Labute approximate surface area is 160 Å². The van der Waals surface area contributed by atoms with Gasteiger partial charge < -0.3 is 9.42 Å². The van der Waals surface area contributed by atoms with Crippen molar-refractivity contribution in [3.8, 4) is 10.6 Å². The topological polar surface area (TPSA) is 92.5 Å². The molecule has 0 unspecified atom stereocenters. The Balaban J connectivity index is 1.47. The Morgan fingerprint density at radius 2 is 1.78 bits per heavy atom. The van der Waals surface area contributed by atoms with Crippen molar-refractivity contribution in [2.75, 3.05) is 22.7 Å². The van der Waals surface area contributed by atoms with Gasteiger partial charge in [-0.1, -0.05) is 5.16 Å². The molecular formula is C18H17N3O4S2. The van der Waals surface area contributed by atoms with Crippen molar-refractivity contribution in [1.82, 2.24) is 5.16 Å². The number of thiophene rings is 1. The number of hydrogen-bond donors (Lipinski definition) is 1. The van der Waals surface area contributed by atoms with Crippen LogP contribution in [0.5, 0.6) is 0 Å². The number of aromatic nitrogens is 1. The lowest BCUT2D eigenvalue weighted by Gasteiger charge is -2.28. The summed E-state index contributed by atoms with van der Waals surface area (Å²) in [5.74, 6) is 0.288. The van der Waals surface area contributed by atoms with E-state index in [2.05, 4.69) is 14.8 Å². The monoisotopic (exact) mass is 403 g/mol. The maximum absolute atomic E-state index is 12.6. The van der Waals surface area contributed by atoms with Gasteiger partial charge in [-0.15, -0.1) is 11.3 Å². The second kappa shape index (κ2) is 7.16. The van der Waals surface area contributed by atoms with Crippen LogP contribution in [-0.4, -0.2) is 32.4 Å². The standard InChI is InChI=1S/C18H17N3O4S2/c22-15-7-10-21(11-8-15)14-3-1-13(2-4-14)20-27(23,24)18-6-5-17(26-18)16-9-12-25-19-16/h1-6,9,12,20H,7-8,10-11H2. The number of anilines is 2. The number of hydrogen-bond acceptors (Lipinski definition) is 7. The molecule has 1 aliphatic heterocycles. The number of piperidine rings is 1. The molecule has 0 amide bonds. The summed E-state index contributed by atoms with van der Waals surface area (Å²) in [6, 6.07) is 12.1. The second-order valence-corrected chi connectivity index (χ2v) is 9.17. The maximum atomic E-state index is 12.6. The number of sulfonamides is 1. The molecule has 7 nitrogen and oxygen atoms in total. The third-order valence-corrected chi connectivity index (χ3v) is 7.32. The highest BCUT2D eigenvalue weighted by atomic mass is 32.2. The van der Waals surface area contributed by atoms with E-state index in [0.29, 0.717) is 37.3 Å². The molecule has 1 saturated heterocycles. The van der Waals surface area contributed by atoms with Gasteiger partial charge in [0.1, 0.15) is 21.9 Å². The van der Waals surface area contributed by atoms with Crippen molar-refractivity contribution in [2.45, 2.75) is 17.1 Å². The van der Waals surface area contributed by atoms with E-state index in [1.54, 1.807) is 30.3 Å². The summed E-state index contributed by atoms with van der Waals surface area (Å²) in [7, 11) is -3.68. The molecule has 1 N–H and O–H groups in total. The molecule has 9 heteroatoms. The number of Topliss-reactive ketones (excluding diaryl/α,β-unsaturated/α-hetero) is 1. The fraction of sp³-hybridized carbons (Fsp3) is 0.222. The number of carbonyl (C=O) groups is 1. The third kappa shape index (κ3) is 3.88. The number of carbonyl (C=O) groups excluding carboxylic acids is 1. The molecule has 140 valence electrons. The van der Waals surface area contributed by atoms with Crippen LogP contribution in [0.1, 0.15) is 12.8 Å². The van der Waals surface area contributed by atoms with Gasteiger partial charge >= 0.3 is 0 Å². The summed E-state index contributed by atoms with van der Waals surface area (Å²) in [6.45, 7) is 1.40. The smallest absolute Gasteiger partial charge is 0.271 e. The summed E-state index contributed by atoms with van der Waals surface area (Å²) < 4.78 is 32.8. The molecule has 0 spiro atoms. The fourth-order valence-corrected chi connectivity index (χ4v) is 5.23. The van der Waals surface area contributed by atoms with Crippen molar-refractivity contribution in [3.63, 3.8) is 0 Å². The molecule has 1 aliphatic rings. The van der Waals surface area contributed by atoms with Gasteiger partial charge in [-0.25, -0.2) is 8.42 Å². The fourth-order valence-electron chi connectivity index (χ4n) is 2.90. The van der Waals surface area contributed by atoms with E-state index in [4.69, 9.17) is 4.52 Å². The minimum Gasteiger partial charge on any atom is -0.371 e. The van der Waals surface area contributed by atoms with Gasteiger partial charge in [0.25, 0.3) is 10.0 Å². The van der Waals surface area contributed by atoms with Crippen molar-refractivity contribution < 1.29 is 17.7 Å². The zero-order valence-corrected chi connectivity index (χ0v) is 15.9. The SMILES string of the molecule is O=C1CCN(c2ccc(NS(=O)(=O)c3ccc(-c4ccon4)s3)cc2)CC1. The lowest BCUT2D eigenvalue weighted by molar-refractivity contribution is -0.119. The molecule has 0 radical (unpaired) electrons. The van der Waals surface area contributed by atoms with Crippen LogP contribution in [0.15, 0.2) is 57.5 Å². The van der Waals surface area contributed by atoms with E-state index in [0.717, 1.165) is 21.9 Å². The molecule has 2 aromatic heterocycles. The molecule has 4 rings (SSSR count). The average Bonchev–Trinajstić information content (AvgIpc) is 3.35. The Hall–Kier alpha value is -2.65.